The standard InChI is InChI=1S/C12H17NO3/c1-9(2)8-16-11-5-3-10(4-6-11)13-7-12(14)15/h3-6,9,13H,7-8H2,1-2H3,(H,14,15). The van der Waals surface area contributed by atoms with Crippen molar-refractivity contribution in [2.45, 2.75) is 13.8 Å². The van der Waals surface area contributed by atoms with Crippen molar-refractivity contribution in [3.8, 4) is 5.75 Å². The molecule has 0 saturated carbocycles. The van der Waals surface area contributed by atoms with E-state index in [2.05, 4.69) is 19.2 Å². The van der Waals surface area contributed by atoms with E-state index in [1.165, 1.54) is 0 Å². The molecule has 0 aliphatic carbocycles. The first-order valence-corrected chi connectivity index (χ1v) is 5.26. The smallest absolute Gasteiger partial charge is 0.322 e. The first kappa shape index (κ1) is 12.4. The Bertz CT molecular complexity index is 333. The summed E-state index contributed by atoms with van der Waals surface area (Å²) in [6.45, 7) is 4.78. The predicted molar refractivity (Wildman–Crippen MR) is 62.9 cm³/mol. The Morgan fingerprint density at radius 3 is 2.50 bits per heavy atom. The van der Waals surface area contributed by atoms with Crippen LogP contribution in [0.5, 0.6) is 5.75 Å². The molecule has 0 atom stereocenters. The molecule has 1 aromatic rings. The third-order valence-electron chi connectivity index (χ3n) is 1.88. The molecule has 16 heavy (non-hydrogen) atoms. The maximum atomic E-state index is 10.3. The molecule has 0 amide bonds. The van der Waals surface area contributed by atoms with Gasteiger partial charge in [0, 0.05) is 5.69 Å². The summed E-state index contributed by atoms with van der Waals surface area (Å²) in [5, 5.41) is 11.3. The Morgan fingerprint density at radius 2 is 2.00 bits per heavy atom. The van der Waals surface area contributed by atoms with Crippen LogP contribution >= 0.6 is 0 Å². The molecule has 0 saturated heterocycles. The molecule has 88 valence electrons. The fourth-order valence-electron chi connectivity index (χ4n) is 1.11. The molecule has 0 fully saturated rings. The van der Waals surface area contributed by atoms with Crippen LogP contribution in [0.3, 0.4) is 0 Å². The van der Waals surface area contributed by atoms with Gasteiger partial charge in [0.1, 0.15) is 12.3 Å². The first-order valence-electron chi connectivity index (χ1n) is 5.26. The van der Waals surface area contributed by atoms with Crippen molar-refractivity contribution < 1.29 is 14.6 Å². The Balaban J connectivity index is 2.44. The molecule has 0 aliphatic heterocycles. The lowest BCUT2D eigenvalue weighted by Crippen LogP contribution is -2.12. The van der Waals surface area contributed by atoms with Gasteiger partial charge in [0.15, 0.2) is 0 Å². The van der Waals surface area contributed by atoms with Crippen LogP contribution in [-0.4, -0.2) is 24.2 Å². The van der Waals surface area contributed by atoms with Crippen molar-refractivity contribution in [3.63, 3.8) is 0 Å². The minimum atomic E-state index is -0.875. The Labute approximate surface area is 95.2 Å². The third kappa shape index (κ3) is 4.68. The number of benzene rings is 1. The van der Waals surface area contributed by atoms with Gasteiger partial charge in [-0.3, -0.25) is 4.79 Å². The number of aliphatic carboxylic acids is 1. The van der Waals surface area contributed by atoms with Crippen LogP contribution in [0.15, 0.2) is 24.3 Å². The molecular weight excluding hydrogens is 206 g/mol. The summed E-state index contributed by atoms with van der Waals surface area (Å²) in [6, 6.07) is 7.26. The van der Waals surface area contributed by atoms with Gasteiger partial charge >= 0.3 is 5.97 Å². The van der Waals surface area contributed by atoms with Crippen molar-refractivity contribution in [2.75, 3.05) is 18.5 Å². The van der Waals surface area contributed by atoms with E-state index in [-0.39, 0.29) is 6.54 Å². The highest BCUT2D eigenvalue weighted by Gasteiger charge is 1.99. The second-order valence-electron chi connectivity index (χ2n) is 3.98. The first-order chi connectivity index (χ1) is 7.58. The van der Waals surface area contributed by atoms with E-state index in [4.69, 9.17) is 9.84 Å². The Hall–Kier alpha value is -1.71. The minimum Gasteiger partial charge on any atom is -0.493 e. The summed E-state index contributed by atoms with van der Waals surface area (Å²) in [6.07, 6.45) is 0. The van der Waals surface area contributed by atoms with E-state index < -0.39 is 5.97 Å². The van der Waals surface area contributed by atoms with E-state index >= 15 is 0 Å². The average Bonchev–Trinajstić information content (AvgIpc) is 2.25. The zero-order valence-electron chi connectivity index (χ0n) is 9.56. The molecule has 2 N–H and O–H groups in total. The summed E-state index contributed by atoms with van der Waals surface area (Å²) >= 11 is 0. The third-order valence-corrected chi connectivity index (χ3v) is 1.88. The molecule has 0 aliphatic rings. The summed E-state index contributed by atoms with van der Waals surface area (Å²) in [5.74, 6) is 0.416. The lowest BCUT2D eigenvalue weighted by atomic mass is 10.2. The van der Waals surface area contributed by atoms with Crippen molar-refractivity contribution in [2.24, 2.45) is 5.92 Å². The second-order valence-corrected chi connectivity index (χ2v) is 3.98. The topological polar surface area (TPSA) is 58.6 Å². The Kier molecular flexibility index (Phi) is 4.64. The molecule has 1 aromatic carbocycles. The Morgan fingerprint density at radius 1 is 1.38 bits per heavy atom. The molecule has 0 spiro atoms. The zero-order chi connectivity index (χ0) is 12.0. The lowest BCUT2D eigenvalue weighted by Gasteiger charge is -2.09. The van der Waals surface area contributed by atoms with Crippen LogP contribution in [0.4, 0.5) is 5.69 Å². The number of hydrogen-bond donors (Lipinski definition) is 2. The van der Waals surface area contributed by atoms with Crippen molar-refractivity contribution >= 4 is 11.7 Å². The predicted octanol–water partition coefficient (Wildman–Crippen LogP) is 2.22. The average molecular weight is 223 g/mol. The highest BCUT2D eigenvalue weighted by Crippen LogP contribution is 2.16. The van der Waals surface area contributed by atoms with Gasteiger partial charge in [-0.1, -0.05) is 13.8 Å². The fourth-order valence-corrected chi connectivity index (χ4v) is 1.11. The number of hydrogen-bond acceptors (Lipinski definition) is 3. The molecule has 0 bridgehead atoms. The zero-order valence-corrected chi connectivity index (χ0v) is 9.56. The normalized spacial score (nSPS) is 10.2. The molecule has 4 nitrogen and oxygen atoms in total. The van der Waals surface area contributed by atoms with Crippen molar-refractivity contribution in [1.82, 2.24) is 0 Å². The number of rotatable bonds is 6. The number of carbonyl (C=O) groups is 1. The SMILES string of the molecule is CC(C)COc1ccc(NCC(=O)O)cc1. The number of carboxylic acid groups (broad SMARTS) is 1. The monoisotopic (exact) mass is 223 g/mol. The van der Waals surface area contributed by atoms with Gasteiger partial charge in [0.05, 0.1) is 6.61 Å². The van der Waals surface area contributed by atoms with Gasteiger partial charge in [0.2, 0.25) is 0 Å². The molecule has 0 aromatic heterocycles. The number of anilines is 1. The number of nitrogens with one attached hydrogen (secondary N) is 1. The quantitative estimate of drug-likeness (QED) is 0.776. The van der Waals surface area contributed by atoms with Crippen LogP contribution < -0.4 is 10.1 Å². The van der Waals surface area contributed by atoms with Crippen LogP contribution in [-0.2, 0) is 4.79 Å². The van der Waals surface area contributed by atoms with Crippen molar-refractivity contribution in [1.29, 1.82) is 0 Å². The molecule has 0 unspecified atom stereocenters. The molecule has 1 rings (SSSR count). The maximum Gasteiger partial charge on any atom is 0.322 e. The van der Waals surface area contributed by atoms with E-state index in [9.17, 15) is 4.79 Å². The van der Waals surface area contributed by atoms with Crippen LogP contribution in [0, 0.1) is 5.92 Å². The fraction of sp³-hybridized carbons (Fsp3) is 0.417. The van der Waals surface area contributed by atoms with Crippen molar-refractivity contribution in [3.05, 3.63) is 24.3 Å². The van der Waals surface area contributed by atoms with Gasteiger partial charge in [-0.25, -0.2) is 0 Å². The number of ether oxygens (including phenoxy) is 1. The van der Waals surface area contributed by atoms with E-state index in [0.717, 1.165) is 11.4 Å². The van der Waals surface area contributed by atoms with E-state index in [1.54, 1.807) is 12.1 Å². The summed E-state index contributed by atoms with van der Waals surface area (Å²) in [5.41, 5.74) is 0.777. The van der Waals surface area contributed by atoms with Gasteiger partial charge in [-0.2, -0.15) is 0 Å². The largest absolute Gasteiger partial charge is 0.493 e. The van der Waals surface area contributed by atoms with Gasteiger partial charge in [-0.15, -0.1) is 0 Å². The van der Waals surface area contributed by atoms with E-state index in [1.807, 2.05) is 12.1 Å². The molecule has 0 heterocycles. The van der Waals surface area contributed by atoms with E-state index in [0.29, 0.717) is 12.5 Å². The van der Waals surface area contributed by atoms with Gasteiger partial charge in [0.25, 0.3) is 0 Å². The number of carboxylic acids is 1. The van der Waals surface area contributed by atoms with Gasteiger partial charge < -0.3 is 15.2 Å². The summed E-state index contributed by atoms with van der Waals surface area (Å²) < 4.78 is 5.50. The summed E-state index contributed by atoms with van der Waals surface area (Å²) in [4.78, 5) is 10.3. The van der Waals surface area contributed by atoms with Gasteiger partial charge in [-0.05, 0) is 30.2 Å². The molecule has 4 heteroatoms. The summed E-state index contributed by atoms with van der Waals surface area (Å²) in [7, 11) is 0. The second kappa shape index (κ2) is 6.00. The van der Waals surface area contributed by atoms with Crippen LogP contribution in [0.1, 0.15) is 13.8 Å². The minimum absolute atomic E-state index is 0.0772. The van der Waals surface area contributed by atoms with Crippen LogP contribution in [0.25, 0.3) is 0 Å². The highest BCUT2D eigenvalue weighted by atomic mass is 16.5. The molecule has 0 radical (unpaired) electrons. The highest BCUT2D eigenvalue weighted by molar-refractivity contribution is 5.72. The lowest BCUT2D eigenvalue weighted by molar-refractivity contribution is -0.134. The molecular formula is C12H17NO3. The maximum absolute atomic E-state index is 10.3. The van der Waals surface area contributed by atoms with Crippen LogP contribution in [0.2, 0.25) is 0 Å².